The van der Waals surface area contributed by atoms with Gasteiger partial charge in [0.15, 0.2) is 0 Å². The van der Waals surface area contributed by atoms with Gasteiger partial charge in [-0.3, -0.25) is 0 Å². The van der Waals surface area contributed by atoms with Crippen LogP contribution in [0.5, 0.6) is 0 Å². The molecule has 0 radical (unpaired) electrons. The van der Waals surface area contributed by atoms with Crippen LogP contribution < -0.4 is 5.73 Å². The van der Waals surface area contributed by atoms with E-state index < -0.39 is 0 Å². The van der Waals surface area contributed by atoms with E-state index in [4.69, 9.17) is 17.3 Å². The number of halogens is 1. The van der Waals surface area contributed by atoms with Gasteiger partial charge in [0.25, 0.3) is 0 Å². The van der Waals surface area contributed by atoms with E-state index in [1.165, 1.54) is 18.4 Å². The van der Waals surface area contributed by atoms with E-state index in [2.05, 4.69) is 19.9 Å². The second-order valence-electron chi connectivity index (χ2n) is 4.91. The summed E-state index contributed by atoms with van der Waals surface area (Å²) in [5.41, 5.74) is 7.11. The number of benzene rings is 1. The van der Waals surface area contributed by atoms with Crippen LogP contribution in [0.25, 0.3) is 0 Å². The molecule has 1 aromatic carbocycles. The van der Waals surface area contributed by atoms with Crippen LogP contribution in [0.3, 0.4) is 0 Å². The average Bonchev–Trinajstić information content (AvgIpc) is 2.24. The Balaban J connectivity index is 2.49. The lowest BCUT2D eigenvalue weighted by atomic mass is 9.92. The maximum atomic E-state index is 5.97. The SMILES string of the molecule is CC(C)CCC(CN)Cc1cccc(Cl)c1. The van der Waals surface area contributed by atoms with Crippen molar-refractivity contribution < 1.29 is 0 Å². The lowest BCUT2D eigenvalue weighted by molar-refractivity contribution is 0.428. The van der Waals surface area contributed by atoms with Gasteiger partial charge in [-0.05, 0) is 48.9 Å². The summed E-state index contributed by atoms with van der Waals surface area (Å²) in [6, 6.07) is 8.09. The molecule has 0 saturated carbocycles. The highest BCUT2D eigenvalue weighted by Crippen LogP contribution is 2.18. The van der Waals surface area contributed by atoms with Crippen LogP contribution in [0.1, 0.15) is 32.3 Å². The van der Waals surface area contributed by atoms with Crippen molar-refractivity contribution in [3.8, 4) is 0 Å². The Kier molecular flexibility index (Phi) is 5.86. The maximum absolute atomic E-state index is 5.97. The van der Waals surface area contributed by atoms with Crippen LogP contribution in [-0.4, -0.2) is 6.54 Å². The molecule has 16 heavy (non-hydrogen) atoms. The molecule has 0 amide bonds. The normalized spacial score (nSPS) is 13.1. The molecule has 90 valence electrons. The topological polar surface area (TPSA) is 26.0 Å². The van der Waals surface area contributed by atoms with E-state index >= 15 is 0 Å². The molecule has 0 heterocycles. The van der Waals surface area contributed by atoms with Gasteiger partial charge in [0, 0.05) is 5.02 Å². The zero-order valence-electron chi connectivity index (χ0n) is 10.2. The monoisotopic (exact) mass is 239 g/mol. The fourth-order valence-corrected chi connectivity index (χ4v) is 2.08. The van der Waals surface area contributed by atoms with E-state index in [1.807, 2.05) is 18.2 Å². The van der Waals surface area contributed by atoms with E-state index in [9.17, 15) is 0 Å². The summed E-state index contributed by atoms with van der Waals surface area (Å²) in [5.74, 6) is 1.34. The largest absolute Gasteiger partial charge is 0.330 e. The Bertz CT molecular complexity index is 309. The number of hydrogen-bond acceptors (Lipinski definition) is 1. The molecule has 0 aromatic heterocycles. The first-order valence-corrected chi connectivity index (χ1v) is 6.44. The lowest BCUT2D eigenvalue weighted by Crippen LogP contribution is -2.17. The summed E-state index contributed by atoms with van der Waals surface area (Å²) in [4.78, 5) is 0. The minimum atomic E-state index is 0.584. The van der Waals surface area contributed by atoms with Crippen molar-refractivity contribution >= 4 is 11.6 Å². The fraction of sp³-hybridized carbons (Fsp3) is 0.571. The molecule has 2 heteroatoms. The van der Waals surface area contributed by atoms with Gasteiger partial charge in [0.1, 0.15) is 0 Å². The molecule has 0 aliphatic rings. The van der Waals surface area contributed by atoms with Gasteiger partial charge >= 0.3 is 0 Å². The zero-order valence-corrected chi connectivity index (χ0v) is 11.0. The first-order chi connectivity index (χ1) is 7.61. The van der Waals surface area contributed by atoms with Gasteiger partial charge in [-0.2, -0.15) is 0 Å². The van der Waals surface area contributed by atoms with Crippen molar-refractivity contribution in [2.75, 3.05) is 6.54 Å². The van der Waals surface area contributed by atoms with Crippen molar-refractivity contribution in [2.24, 2.45) is 17.6 Å². The van der Waals surface area contributed by atoms with Gasteiger partial charge in [-0.1, -0.05) is 44.0 Å². The molecule has 0 bridgehead atoms. The fourth-order valence-electron chi connectivity index (χ4n) is 1.87. The van der Waals surface area contributed by atoms with Crippen molar-refractivity contribution in [3.63, 3.8) is 0 Å². The maximum Gasteiger partial charge on any atom is 0.0408 e. The summed E-state index contributed by atoms with van der Waals surface area (Å²) in [7, 11) is 0. The molecular formula is C14H22ClN. The third-order valence-corrected chi connectivity index (χ3v) is 3.13. The number of nitrogens with two attached hydrogens (primary N) is 1. The average molecular weight is 240 g/mol. The molecule has 1 rings (SSSR count). The first kappa shape index (κ1) is 13.5. The zero-order chi connectivity index (χ0) is 12.0. The molecule has 0 fully saturated rings. The second-order valence-corrected chi connectivity index (χ2v) is 5.34. The number of hydrogen-bond donors (Lipinski definition) is 1. The summed E-state index contributed by atoms with van der Waals surface area (Å²) in [5, 5.41) is 0.817. The highest BCUT2D eigenvalue weighted by molar-refractivity contribution is 6.30. The minimum absolute atomic E-state index is 0.584. The lowest BCUT2D eigenvalue weighted by Gasteiger charge is -2.16. The molecule has 1 atom stereocenters. The molecule has 0 aliphatic carbocycles. The molecule has 1 unspecified atom stereocenters. The van der Waals surface area contributed by atoms with Gasteiger partial charge in [0.2, 0.25) is 0 Å². The summed E-state index contributed by atoms with van der Waals surface area (Å²) < 4.78 is 0. The van der Waals surface area contributed by atoms with E-state index in [0.29, 0.717) is 5.92 Å². The van der Waals surface area contributed by atoms with Gasteiger partial charge in [-0.25, -0.2) is 0 Å². The van der Waals surface area contributed by atoms with E-state index in [1.54, 1.807) is 0 Å². The molecule has 1 nitrogen and oxygen atoms in total. The van der Waals surface area contributed by atoms with Crippen molar-refractivity contribution in [1.82, 2.24) is 0 Å². The smallest absolute Gasteiger partial charge is 0.0408 e. The molecule has 1 aromatic rings. The van der Waals surface area contributed by atoms with E-state index in [0.717, 1.165) is 23.9 Å². The predicted molar refractivity (Wildman–Crippen MR) is 71.8 cm³/mol. The third-order valence-electron chi connectivity index (χ3n) is 2.90. The Morgan fingerprint density at radius 2 is 2.00 bits per heavy atom. The standard InChI is InChI=1S/C14H22ClN/c1-11(2)6-7-13(10-16)8-12-4-3-5-14(15)9-12/h3-5,9,11,13H,6-8,10,16H2,1-2H3. The van der Waals surface area contributed by atoms with Crippen LogP contribution >= 0.6 is 11.6 Å². The van der Waals surface area contributed by atoms with Crippen LogP contribution in [0, 0.1) is 11.8 Å². The molecular weight excluding hydrogens is 218 g/mol. The van der Waals surface area contributed by atoms with Crippen LogP contribution in [-0.2, 0) is 6.42 Å². The first-order valence-electron chi connectivity index (χ1n) is 6.06. The third kappa shape index (κ3) is 5.00. The predicted octanol–water partition coefficient (Wildman–Crippen LogP) is 3.89. The molecule has 0 aliphatic heterocycles. The van der Waals surface area contributed by atoms with Crippen LogP contribution in [0.4, 0.5) is 0 Å². The highest BCUT2D eigenvalue weighted by Gasteiger charge is 2.09. The van der Waals surface area contributed by atoms with E-state index in [-0.39, 0.29) is 0 Å². The second kappa shape index (κ2) is 6.93. The molecule has 0 saturated heterocycles. The van der Waals surface area contributed by atoms with Gasteiger partial charge in [-0.15, -0.1) is 0 Å². The van der Waals surface area contributed by atoms with Crippen LogP contribution in [0.15, 0.2) is 24.3 Å². The molecule has 2 N–H and O–H groups in total. The Morgan fingerprint density at radius 3 is 2.56 bits per heavy atom. The highest BCUT2D eigenvalue weighted by atomic mass is 35.5. The summed E-state index contributed by atoms with van der Waals surface area (Å²) in [6.45, 7) is 5.28. The Morgan fingerprint density at radius 1 is 1.25 bits per heavy atom. The number of rotatable bonds is 6. The van der Waals surface area contributed by atoms with Crippen molar-refractivity contribution in [3.05, 3.63) is 34.9 Å². The van der Waals surface area contributed by atoms with Crippen LogP contribution in [0.2, 0.25) is 5.02 Å². The Hall–Kier alpha value is -0.530. The van der Waals surface area contributed by atoms with Gasteiger partial charge < -0.3 is 5.73 Å². The molecule has 0 spiro atoms. The van der Waals surface area contributed by atoms with Gasteiger partial charge in [0.05, 0.1) is 0 Å². The van der Waals surface area contributed by atoms with Crippen molar-refractivity contribution in [1.29, 1.82) is 0 Å². The summed E-state index contributed by atoms with van der Waals surface area (Å²) in [6.07, 6.45) is 3.51. The summed E-state index contributed by atoms with van der Waals surface area (Å²) >= 11 is 5.97. The minimum Gasteiger partial charge on any atom is -0.330 e. The van der Waals surface area contributed by atoms with Crippen molar-refractivity contribution in [2.45, 2.75) is 33.1 Å². The quantitative estimate of drug-likeness (QED) is 0.801. The Labute approximate surface area is 104 Å².